The smallest absolute Gasteiger partial charge is 0.0386 e. The van der Waals surface area contributed by atoms with E-state index in [0.29, 0.717) is 0 Å². The van der Waals surface area contributed by atoms with E-state index in [1.54, 1.807) is 0 Å². The Balaban J connectivity index is 1.35. The zero-order valence-electron chi connectivity index (χ0n) is 24.7. The topological polar surface area (TPSA) is 0 Å². The summed E-state index contributed by atoms with van der Waals surface area (Å²) in [5.74, 6) is 22.9. The van der Waals surface area contributed by atoms with Crippen LogP contribution in [0.25, 0.3) is 0 Å². The van der Waals surface area contributed by atoms with Crippen LogP contribution in [0.4, 0.5) is 0 Å². The third-order valence-electron chi connectivity index (χ3n) is 11.4. The zero-order valence-corrected chi connectivity index (χ0v) is 24.7. The van der Waals surface area contributed by atoms with Crippen molar-refractivity contribution in [2.24, 2.45) is 0 Å². The summed E-state index contributed by atoms with van der Waals surface area (Å²) < 4.78 is 0. The lowest BCUT2D eigenvalue weighted by atomic mass is 9.58. The van der Waals surface area contributed by atoms with E-state index in [4.69, 9.17) is 0 Å². The van der Waals surface area contributed by atoms with Gasteiger partial charge in [-0.2, -0.15) is 0 Å². The molecule has 9 aliphatic rings. The Bertz CT molecular complexity index is 2210. The molecule has 0 saturated carbocycles. The van der Waals surface area contributed by atoms with Crippen LogP contribution in [0.1, 0.15) is 124 Å². The second-order valence-corrected chi connectivity index (χ2v) is 13.3. The third-order valence-corrected chi connectivity index (χ3v) is 11.4. The van der Waals surface area contributed by atoms with Crippen LogP contribution in [0.15, 0.2) is 109 Å². The van der Waals surface area contributed by atoms with Crippen LogP contribution in [-0.4, -0.2) is 0 Å². The first-order chi connectivity index (χ1) is 22.8. The fourth-order valence-corrected chi connectivity index (χ4v) is 9.87. The minimum absolute atomic E-state index is 0.0118. The van der Waals surface area contributed by atoms with Crippen molar-refractivity contribution in [3.8, 4) is 35.5 Å². The number of benzene rings is 6. The normalized spacial score (nSPS) is 20.6. The molecule has 206 valence electrons. The van der Waals surface area contributed by atoms with E-state index in [9.17, 15) is 0 Å². The van der Waals surface area contributed by atoms with Gasteiger partial charge in [0, 0.05) is 57.1 Å². The molecular formula is C46H22. The Morgan fingerprint density at radius 3 is 0.630 bits per heavy atom. The van der Waals surface area contributed by atoms with Crippen LogP contribution in [-0.2, 0) is 0 Å². The number of rotatable bonds is 0. The van der Waals surface area contributed by atoms with Crippen LogP contribution < -0.4 is 0 Å². The van der Waals surface area contributed by atoms with Gasteiger partial charge in [-0.3, -0.25) is 0 Å². The standard InChI is InChI=1S/C46H22/c1-7-25-19-20-26-8-4-16-34-40(26)46-41-29-11-5-17-35(41)44(34)36-18-6-12-30(42(36)46)24-22-28-10-3-15-33-39(28)45-37(25)31(13-1)43(33)32-14-2-9-27(21-23-29)38(32)45/h1-18,43-46H. The van der Waals surface area contributed by atoms with Crippen LogP contribution >= 0.6 is 0 Å². The SMILES string of the molecule is C1#Cc2cccc3c2C2c4c5cccc4C3c3cccc(c32)C#Cc2cccc3c2C2c4c1cccc4C3c1cccc(c12)C#C5. The summed E-state index contributed by atoms with van der Waals surface area (Å²) in [7, 11) is 0. The van der Waals surface area contributed by atoms with Gasteiger partial charge in [0.25, 0.3) is 0 Å². The Morgan fingerprint density at radius 1 is 0.239 bits per heavy atom. The van der Waals surface area contributed by atoms with Crippen LogP contribution in [0, 0.1) is 35.5 Å². The molecule has 0 unspecified atom stereocenters. The number of hydrogen-bond donors (Lipinski definition) is 0. The van der Waals surface area contributed by atoms with E-state index >= 15 is 0 Å². The van der Waals surface area contributed by atoms with Crippen molar-refractivity contribution in [1.82, 2.24) is 0 Å². The van der Waals surface area contributed by atoms with E-state index < -0.39 is 0 Å². The zero-order chi connectivity index (χ0) is 29.7. The summed E-state index contributed by atoms with van der Waals surface area (Å²) in [5, 5.41) is 0. The summed E-state index contributed by atoms with van der Waals surface area (Å²) in [6.45, 7) is 0. The van der Waals surface area contributed by atoms with Crippen molar-refractivity contribution < 1.29 is 0 Å². The van der Waals surface area contributed by atoms with Gasteiger partial charge in [-0.15, -0.1) is 0 Å². The average Bonchev–Trinajstić information content (AvgIpc) is 3.10. The fraction of sp³-hybridized carbons (Fsp3) is 0.0870. The first kappa shape index (κ1) is 23.4. The third kappa shape index (κ3) is 2.62. The molecule has 0 aromatic heterocycles. The van der Waals surface area contributed by atoms with E-state index in [-0.39, 0.29) is 23.7 Å². The molecule has 0 N–H and O–H groups in total. The second kappa shape index (κ2) is 7.98. The molecule has 0 atom stereocenters. The second-order valence-electron chi connectivity index (χ2n) is 13.3. The summed E-state index contributed by atoms with van der Waals surface area (Å²) in [4.78, 5) is 0. The Hall–Kier alpha value is -6.00. The van der Waals surface area contributed by atoms with E-state index in [1.165, 1.54) is 66.8 Å². The lowest BCUT2D eigenvalue weighted by Gasteiger charge is -2.44. The van der Waals surface area contributed by atoms with Crippen molar-refractivity contribution >= 4 is 0 Å². The number of hydrogen-bond acceptors (Lipinski definition) is 0. The maximum absolute atomic E-state index is 3.78. The summed E-state index contributed by atoms with van der Waals surface area (Å²) in [6.07, 6.45) is 0. The molecule has 0 spiro atoms. The van der Waals surface area contributed by atoms with Gasteiger partial charge in [-0.05, 0) is 103 Å². The van der Waals surface area contributed by atoms with Gasteiger partial charge in [0.05, 0.1) is 0 Å². The molecular weight excluding hydrogens is 553 g/mol. The lowest BCUT2D eigenvalue weighted by Crippen LogP contribution is -2.31. The largest absolute Gasteiger partial charge is 0.0613 e. The summed E-state index contributed by atoms with van der Waals surface area (Å²) in [6, 6.07) is 40.6. The highest BCUT2D eigenvalue weighted by molar-refractivity contribution is 5.79. The minimum Gasteiger partial charge on any atom is -0.0613 e. The van der Waals surface area contributed by atoms with Gasteiger partial charge in [-0.1, -0.05) is 108 Å². The highest BCUT2D eigenvalue weighted by Crippen LogP contribution is 2.60. The molecule has 0 heterocycles. The Morgan fingerprint density at radius 2 is 0.435 bits per heavy atom. The fourth-order valence-electron chi connectivity index (χ4n) is 9.87. The summed E-state index contributed by atoms with van der Waals surface area (Å²) >= 11 is 0. The van der Waals surface area contributed by atoms with Crippen molar-refractivity contribution in [3.63, 3.8) is 0 Å². The quantitative estimate of drug-likeness (QED) is 0.159. The molecule has 0 radical (unpaired) electrons. The first-order valence-corrected chi connectivity index (χ1v) is 16.2. The minimum atomic E-state index is 0.0118. The van der Waals surface area contributed by atoms with E-state index in [0.717, 1.165) is 33.4 Å². The highest BCUT2D eigenvalue weighted by atomic mass is 14.5. The lowest BCUT2D eigenvalue weighted by molar-refractivity contribution is 0.746. The predicted octanol–water partition coefficient (Wildman–Crippen LogP) is 8.49. The van der Waals surface area contributed by atoms with Crippen molar-refractivity contribution in [3.05, 3.63) is 209 Å². The Kier molecular flexibility index (Phi) is 4.06. The first-order valence-electron chi connectivity index (χ1n) is 16.2. The molecule has 6 aromatic rings. The molecule has 0 amide bonds. The van der Waals surface area contributed by atoms with Crippen LogP contribution in [0.3, 0.4) is 0 Å². The van der Waals surface area contributed by atoms with Gasteiger partial charge in [0.2, 0.25) is 0 Å². The van der Waals surface area contributed by atoms with Crippen molar-refractivity contribution in [2.45, 2.75) is 23.7 Å². The molecule has 0 aliphatic heterocycles. The van der Waals surface area contributed by atoms with Crippen molar-refractivity contribution in [2.75, 3.05) is 0 Å². The maximum atomic E-state index is 3.78. The molecule has 6 aromatic carbocycles. The molecule has 9 aliphatic carbocycles. The molecule has 10 bridgehead atoms. The van der Waals surface area contributed by atoms with Gasteiger partial charge < -0.3 is 0 Å². The molecule has 15 rings (SSSR count). The van der Waals surface area contributed by atoms with Gasteiger partial charge in [0.1, 0.15) is 0 Å². The highest BCUT2D eigenvalue weighted by Gasteiger charge is 2.46. The van der Waals surface area contributed by atoms with E-state index in [1.807, 2.05) is 0 Å². The Labute approximate surface area is 267 Å². The van der Waals surface area contributed by atoms with Crippen LogP contribution in [0.5, 0.6) is 0 Å². The maximum Gasteiger partial charge on any atom is 0.0386 e. The molecule has 0 heteroatoms. The molecule has 0 nitrogen and oxygen atoms in total. The predicted molar refractivity (Wildman–Crippen MR) is 180 cm³/mol. The molecule has 0 saturated heterocycles. The van der Waals surface area contributed by atoms with Gasteiger partial charge >= 0.3 is 0 Å². The van der Waals surface area contributed by atoms with E-state index in [2.05, 4.69) is 145 Å². The van der Waals surface area contributed by atoms with Crippen molar-refractivity contribution in [1.29, 1.82) is 0 Å². The van der Waals surface area contributed by atoms with Gasteiger partial charge in [-0.25, -0.2) is 0 Å². The van der Waals surface area contributed by atoms with Gasteiger partial charge in [0.15, 0.2) is 0 Å². The average molecular weight is 575 g/mol. The molecule has 0 fully saturated rings. The van der Waals surface area contributed by atoms with Crippen LogP contribution in [0.2, 0.25) is 0 Å². The molecule has 46 heavy (non-hydrogen) atoms. The summed E-state index contributed by atoms with van der Waals surface area (Å²) in [5.41, 5.74) is 22.9. The monoisotopic (exact) mass is 574 g/mol.